The van der Waals surface area contributed by atoms with Gasteiger partial charge in [0.05, 0.1) is 12.7 Å². The minimum absolute atomic E-state index is 0.149. The van der Waals surface area contributed by atoms with E-state index in [1.165, 1.54) is 11.1 Å². The molecule has 0 saturated carbocycles. The van der Waals surface area contributed by atoms with Crippen LogP contribution in [0, 0.1) is 5.92 Å². The molecule has 1 aliphatic rings. The van der Waals surface area contributed by atoms with Crippen LogP contribution in [0.4, 0.5) is 21.9 Å². The largest absolute Gasteiger partial charge is 0.497 e. The van der Waals surface area contributed by atoms with Crippen LogP contribution in [0.25, 0.3) is 0 Å². The molecule has 1 heterocycles. The van der Waals surface area contributed by atoms with Crippen LogP contribution in [0.1, 0.15) is 34.3 Å². The number of rotatable bonds is 10. The number of carbonyl (C=O) groups excluding carboxylic acids is 2. The lowest BCUT2D eigenvalue weighted by Crippen LogP contribution is -2.36. The first-order valence-corrected chi connectivity index (χ1v) is 14.5. The second-order valence-corrected chi connectivity index (χ2v) is 10.7. The summed E-state index contributed by atoms with van der Waals surface area (Å²) in [5, 5.41) is 8.80. The number of anilines is 3. The van der Waals surface area contributed by atoms with Gasteiger partial charge < -0.3 is 25.6 Å². The predicted molar refractivity (Wildman–Crippen MR) is 170 cm³/mol. The highest BCUT2D eigenvalue weighted by atomic mass is 16.5. The fourth-order valence-electron chi connectivity index (χ4n) is 5.45. The Hall–Kier alpha value is -4.78. The summed E-state index contributed by atoms with van der Waals surface area (Å²) in [6.45, 7) is 2.28. The molecular formula is C35H38N4O3. The molecule has 4 aromatic carbocycles. The van der Waals surface area contributed by atoms with E-state index < -0.39 is 6.03 Å². The van der Waals surface area contributed by atoms with Gasteiger partial charge in [0.2, 0.25) is 0 Å². The Morgan fingerprint density at radius 1 is 0.786 bits per heavy atom. The van der Waals surface area contributed by atoms with Crippen LogP contribution in [0.15, 0.2) is 103 Å². The summed E-state index contributed by atoms with van der Waals surface area (Å²) >= 11 is 0. The van der Waals surface area contributed by atoms with Gasteiger partial charge >= 0.3 is 6.03 Å². The number of methoxy groups -OCH3 is 1. The van der Waals surface area contributed by atoms with E-state index in [1.54, 1.807) is 25.3 Å². The molecule has 3 N–H and O–H groups in total. The molecule has 4 aromatic rings. The third kappa shape index (κ3) is 7.91. The second kappa shape index (κ2) is 14.2. The first-order valence-electron chi connectivity index (χ1n) is 14.5. The maximum absolute atomic E-state index is 13.5. The molecule has 216 valence electrons. The zero-order chi connectivity index (χ0) is 29.1. The van der Waals surface area contributed by atoms with Gasteiger partial charge in [0, 0.05) is 42.8 Å². The third-order valence-corrected chi connectivity index (χ3v) is 7.69. The smallest absolute Gasteiger partial charge is 0.323 e. The molecule has 1 saturated heterocycles. The van der Waals surface area contributed by atoms with Crippen molar-refractivity contribution < 1.29 is 14.3 Å². The van der Waals surface area contributed by atoms with Crippen LogP contribution in [-0.4, -0.2) is 38.7 Å². The van der Waals surface area contributed by atoms with Crippen molar-refractivity contribution in [2.24, 2.45) is 5.92 Å². The Morgan fingerprint density at radius 3 is 2.14 bits per heavy atom. The summed E-state index contributed by atoms with van der Waals surface area (Å²) in [6, 6.07) is 33.1. The zero-order valence-electron chi connectivity index (χ0n) is 24.0. The number of nitrogens with one attached hydrogen (secondary N) is 3. The van der Waals surface area contributed by atoms with Gasteiger partial charge in [-0.25, -0.2) is 4.79 Å². The van der Waals surface area contributed by atoms with E-state index >= 15 is 0 Å². The first-order chi connectivity index (χ1) is 20.6. The zero-order valence-corrected chi connectivity index (χ0v) is 24.0. The van der Waals surface area contributed by atoms with Crippen molar-refractivity contribution in [2.45, 2.75) is 25.7 Å². The predicted octanol–water partition coefficient (Wildman–Crippen LogP) is 6.77. The number of piperidine rings is 1. The van der Waals surface area contributed by atoms with Crippen LogP contribution < -0.4 is 25.6 Å². The second-order valence-electron chi connectivity index (χ2n) is 10.7. The van der Waals surface area contributed by atoms with Crippen molar-refractivity contribution in [3.8, 4) is 5.75 Å². The number of nitrogens with zero attached hydrogens (tertiary/aromatic N) is 1. The summed E-state index contributed by atoms with van der Waals surface area (Å²) in [6.07, 6.45) is 3.94. The van der Waals surface area contributed by atoms with Gasteiger partial charge in [-0.3, -0.25) is 4.79 Å². The van der Waals surface area contributed by atoms with E-state index in [9.17, 15) is 9.59 Å². The average Bonchev–Trinajstić information content (AvgIpc) is 3.02. The normalized spacial score (nSPS) is 13.3. The molecule has 0 unspecified atom stereocenters. The van der Waals surface area contributed by atoms with Crippen LogP contribution in [-0.2, 0) is 12.8 Å². The summed E-state index contributed by atoms with van der Waals surface area (Å²) in [7, 11) is 1.58. The molecule has 0 radical (unpaired) electrons. The minimum atomic E-state index is -0.395. The highest BCUT2D eigenvalue weighted by Crippen LogP contribution is 2.30. The van der Waals surface area contributed by atoms with Gasteiger partial charge in [-0.15, -0.1) is 0 Å². The Morgan fingerprint density at radius 2 is 1.45 bits per heavy atom. The van der Waals surface area contributed by atoms with Crippen LogP contribution >= 0.6 is 0 Å². The van der Waals surface area contributed by atoms with Gasteiger partial charge in [-0.05, 0) is 73.1 Å². The number of ether oxygens (including phenoxy) is 1. The van der Waals surface area contributed by atoms with Crippen molar-refractivity contribution >= 4 is 29.0 Å². The lowest BCUT2D eigenvalue weighted by atomic mass is 9.89. The molecule has 7 nitrogen and oxygen atoms in total. The Labute approximate surface area is 247 Å². The van der Waals surface area contributed by atoms with Crippen LogP contribution in [0.3, 0.4) is 0 Å². The SMILES string of the molecule is COc1cccc(NC(=O)Nc2ccc(N3CCC(Cc4ccccc4)CC3)c(C(=O)NCCc3ccccc3)c2)c1. The van der Waals surface area contributed by atoms with E-state index in [4.69, 9.17) is 4.74 Å². The molecule has 3 amide bonds. The molecule has 1 fully saturated rings. The summed E-state index contributed by atoms with van der Waals surface area (Å²) in [4.78, 5) is 28.6. The van der Waals surface area contributed by atoms with Crippen molar-refractivity contribution in [1.82, 2.24) is 5.32 Å². The van der Waals surface area contributed by atoms with Gasteiger partial charge in [0.15, 0.2) is 0 Å². The number of hydrogen-bond acceptors (Lipinski definition) is 4. The molecule has 0 aliphatic carbocycles. The Kier molecular flexibility index (Phi) is 9.73. The highest BCUT2D eigenvalue weighted by Gasteiger charge is 2.24. The summed E-state index contributed by atoms with van der Waals surface area (Å²) in [5.74, 6) is 1.12. The molecule has 0 atom stereocenters. The number of amides is 3. The molecule has 42 heavy (non-hydrogen) atoms. The molecule has 7 heteroatoms. The van der Waals surface area contributed by atoms with Gasteiger partial charge in [0.1, 0.15) is 5.75 Å². The first kappa shape index (κ1) is 28.7. The van der Waals surface area contributed by atoms with E-state index in [2.05, 4.69) is 63.3 Å². The van der Waals surface area contributed by atoms with Gasteiger partial charge in [0.25, 0.3) is 5.91 Å². The fourth-order valence-corrected chi connectivity index (χ4v) is 5.45. The Bertz CT molecular complexity index is 1470. The molecule has 0 spiro atoms. The lowest BCUT2D eigenvalue weighted by molar-refractivity contribution is 0.0954. The molecule has 0 aromatic heterocycles. The monoisotopic (exact) mass is 562 g/mol. The lowest BCUT2D eigenvalue weighted by Gasteiger charge is -2.35. The van der Waals surface area contributed by atoms with Gasteiger partial charge in [-0.2, -0.15) is 0 Å². The van der Waals surface area contributed by atoms with E-state index in [0.717, 1.165) is 44.5 Å². The number of urea groups is 1. The van der Waals surface area contributed by atoms with Gasteiger partial charge in [-0.1, -0.05) is 66.7 Å². The number of carbonyl (C=O) groups is 2. The summed E-state index contributed by atoms with van der Waals surface area (Å²) in [5.41, 5.74) is 5.15. The number of hydrogen-bond donors (Lipinski definition) is 3. The van der Waals surface area contributed by atoms with E-state index in [-0.39, 0.29) is 5.91 Å². The third-order valence-electron chi connectivity index (χ3n) is 7.69. The maximum atomic E-state index is 13.5. The Balaban J connectivity index is 1.28. The van der Waals surface area contributed by atoms with Crippen molar-refractivity contribution in [1.29, 1.82) is 0 Å². The quantitative estimate of drug-likeness (QED) is 0.199. The van der Waals surface area contributed by atoms with Crippen LogP contribution in [0.2, 0.25) is 0 Å². The van der Waals surface area contributed by atoms with E-state index in [1.807, 2.05) is 42.5 Å². The topological polar surface area (TPSA) is 82.7 Å². The van der Waals surface area contributed by atoms with Crippen LogP contribution in [0.5, 0.6) is 5.75 Å². The number of benzene rings is 4. The molecule has 1 aliphatic heterocycles. The van der Waals surface area contributed by atoms with Crippen molar-refractivity contribution in [3.63, 3.8) is 0 Å². The van der Waals surface area contributed by atoms with Crippen molar-refractivity contribution in [2.75, 3.05) is 42.3 Å². The average molecular weight is 563 g/mol. The molecule has 5 rings (SSSR count). The van der Waals surface area contributed by atoms with Crippen molar-refractivity contribution in [3.05, 3.63) is 120 Å². The molecule has 0 bridgehead atoms. The molecular weight excluding hydrogens is 524 g/mol. The summed E-state index contributed by atoms with van der Waals surface area (Å²) < 4.78 is 5.24. The highest BCUT2D eigenvalue weighted by molar-refractivity contribution is 6.04. The van der Waals surface area contributed by atoms with E-state index in [0.29, 0.717) is 35.2 Å². The standard InChI is InChI=1S/C35H38N4O3/c1-42-31-14-8-13-29(24-31)37-35(41)38-30-15-16-33(32(25-30)34(40)36-20-17-26-9-4-2-5-10-26)39-21-18-28(19-22-39)23-27-11-6-3-7-12-27/h2-16,24-25,28H,17-23H2,1H3,(H,36,40)(H2,37,38,41). The minimum Gasteiger partial charge on any atom is -0.497 e. The fraction of sp³-hybridized carbons (Fsp3) is 0.257. The maximum Gasteiger partial charge on any atom is 0.323 e.